The van der Waals surface area contributed by atoms with E-state index in [9.17, 15) is 23.2 Å². The van der Waals surface area contributed by atoms with E-state index in [1.165, 1.54) is 11.3 Å². The number of thiazole rings is 1. The molecule has 3 rings (SSSR count). The Hall–Kier alpha value is -2.91. The van der Waals surface area contributed by atoms with Crippen LogP contribution in [0.1, 0.15) is 16.7 Å². The van der Waals surface area contributed by atoms with Gasteiger partial charge in [-0.15, -0.1) is 21.5 Å². The highest BCUT2D eigenvalue weighted by molar-refractivity contribution is 7.99. The van der Waals surface area contributed by atoms with Crippen molar-refractivity contribution in [3.05, 3.63) is 46.5 Å². The maximum Gasteiger partial charge on any atom is 0.453 e. The predicted molar refractivity (Wildman–Crippen MR) is 96.8 cm³/mol. The van der Waals surface area contributed by atoms with Gasteiger partial charge in [0.2, 0.25) is 5.16 Å². The maximum atomic E-state index is 12.7. The topological polar surface area (TPSA) is 110 Å². The van der Waals surface area contributed by atoms with Crippen LogP contribution in [-0.2, 0) is 11.0 Å². The second-order valence-electron chi connectivity index (χ2n) is 5.43. The minimum atomic E-state index is -4.76. The number of ketones is 1. The summed E-state index contributed by atoms with van der Waals surface area (Å²) in [5.74, 6) is 2.01. The highest BCUT2D eigenvalue weighted by atomic mass is 32.2. The number of hydrogen-bond acceptors (Lipinski definition) is 8. The van der Waals surface area contributed by atoms with E-state index in [1.807, 2.05) is 36.4 Å². The summed E-state index contributed by atoms with van der Waals surface area (Å²) in [4.78, 5) is 16.8. The van der Waals surface area contributed by atoms with Gasteiger partial charge in [-0.25, -0.2) is 9.66 Å². The van der Waals surface area contributed by atoms with Crippen molar-refractivity contribution in [1.29, 1.82) is 5.26 Å². The number of rotatable bonds is 6. The number of Topliss-reactive ketones (excluding diaryl/α,β-unsaturated/α-hetero) is 1. The summed E-state index contributed by atoms with van der Waals surface area (Å²) in [7, 11) is 0. The SMILES string of the molecule is N#CC(C(=O)CSc1nnc(C(F)(F)F)n1N)c1nc(-c2ccccc2)cs1. The van der Waals surface area contributed by atoms with Crippen LogP contribution in [0.4, 0.5) is 13.2 Å². The van der Waals surface area contributed by atoms with Crippen molar-refractivity contribution in [2.75, 3.05) is 11.6 Å². The van der Waals surface area contributed by atoms with Gasteiger partial charge in [0.1, 0.15) is 5.01 Å². The van der Waals surface area contributed by atoms with Gasteiger partial charge < -0.3 is 5.84 Å². The molecule has 28 heavy (non-hydrogen) atoms. The Morgan fingerprint density at radius 2 is 2.04 bits per heavy atom. The van der Waals surface area contributed by atoms with Crippen LogP contribution in [0.5, 0.6) is 0 Å². The molecule has 144 valence electrons. The van der Waals surface area contributed by atoms with E-state index in [0.29, 0.717) is 22.5 Å². The van der Waals surface area contributed by atoms with Crippen molar-refractivity contribution >= 4 is 28.9 Å². The van der Waals surface area contributed by atoms with E-state index in [2.05, 4.69) is 15.2 Å². The number of hydrogen-bond donors (Lipinski definition) is 1. The fourth-order valence-corrected chi connectivity index (χ4v) is 3.87. The molecule has 7 nitrogen and oxygen atoms in total. The molecule has 0 aliphatic carbocycles. The number of benzene rings is 1. The highest BCUT2D eigenvalue weighted by Crippen LogP contribution is 2.30. The quantitative estimate of drug-likeness (QED) is 0.478. The maximum absolute atomic E-state index is 12.7. The van der Waals surface area contributed by atoms with Crippen LogP contribution in [-0.4, -0.2) is 31.4 Å². The third-order valence-electron chi connectivity index (χ3n) is 3.55. The standard InChI is InChI=1S/C16H11F3N6OS2/c17-16(18,19)14-23-24-15(25(14)21)28-8-12(26)10(6-20)13-22-11(7-27-13)9-4-2-1-3-5-9/h1-5,7,10H,8,21H2. The van der Waals surface area contributed by atoms with E-state index >= 15 is 0 Å². The second kappa shape index (κ2) is 7.99. The molecule has 2 aromatic heterocycles. The average Bonchev–Trinajstić information content (AvgIpc) is 3.28. The summed E-state index contributed by atoms with van der Waals surface area (Å²) in [6.45, 7) is 0. The van der Waals surface area contributed by atoms with Gasteiger partial charge in [0.05, 0.1) is 17.5 Å². The van der Waals surface area contributed by atoms with Gasteiger partial charge >= 0.3 is 6.18 Å². The van der Waals surface area contributed by atoms with Crippen molar-refractivity contribution in [3.8, 4) is 17.3 Å². The number of thioether (sulfide) groups is 1. The first-order valence-electron chi connectivity index (χ1n) is 7.65. The lowest BCUT2D eigenvalue weighted by molar-refractivity contribution is -0.146. The zero-order valence-corrected chi connectivity index (χ0v) is 15.6. The third kappa shape index (κ3) is 4.15. The molecule has 2 N–H and O–H groups in total. The Bertz CT molecular complexity index is 1030. The molecule has 0 bridgehead atoms. The molecule has 0 saturated heterocycles. The number of carbonyl (C=O) groups is 1. The monoisotopic (exact) mass is 424 g/mol. The summed E-state index contributed by atoms with van der Waals surface area (Å²) in [6, 6.07) is 11.1. The van der Waals surface area contributed by atoms with E-state index in [1.54, 1.807) is 5.38 Å². The van der Waals surface area contributed by atoms with Crippen molar-refractivity contribution in [3.63, 3.8) is 0 Å². The minimum absolute atomic E-state index is 0.274. The molecule has 0 saturated carbocycles. The molecule has 12 heteroatoms. The van der Waals surface area contributed by atoms with E-state index in [4.69, 9.17) is 5.84 Å². The molecule has 2 heterocycles. The largest absolute Gasteiger partial charge is 0.453 e. The Morgan fingerprint density at radius 1 is 1.32 bits per heavy atom. The Labute approximate surface area is 165 Å². The van der Waals surface area contributed by atoms with Crippen LogP contribution < -0.4 is 5.84 Å². The van der Waals surface area contributed by atoms with Crippen LogP contribution in [0.15, 0.2) is 40.9 Å². The van der Waals surface area contributed by atoms with Crippen molar-refractivity contribution < 1.29 is 18.0 Å². The number of halogens is 3. The first kappa shape index (κ1) is 19.8. The molecule has 3 aromatic rings. The number of nitrogen functional groups attached to an aromatic ring is 1. The highest BCUT2D eigenvalue weighted by Gasteiger charge is 2.38. The second-order valence-corrected chi connectivity index (χ2v) is 7.26. The average molecular weight is 424 g/mol. The number of carbonyl (C=O) groups excluding carboxylic acids is 1. The van der Waals surface area contributed by atoms with Crippen molar-refractivity contribution in [1.82, 2.24) is 19.9 Å². The van der Waals surface area contributed by atoms with Crippen LogP contribution in [0.3, 0.4) is 0 Å². The fourth-order valence-electron chi connectivity index (χ4n) is 2.21. The summed E-state index contributed by atoms with van der Waals surface area (Å²) in [6.07, 6.45) is -4.76. The Balaban J connectivity index is 1.71. The minimum Gasteiger partial charge on any atom is -0.335 e. The molecule has 1 aromatic carbocycles. The molecule has 0 amide bonds. The molecular weight excluding hydrogens is 413 g/mol. The normalized spacial score (nSPS) is 12.5. The zero-order chi connectivity index (χ0) is 20.3. The lowest BCUT2D eigenvalue weighted by Gasteiger charge is -2.07. The zero-order valence-electron chi connectivity index (χ0n) is 13.9. The van der Waals surface area contributed by atoms with Crippen LogP contribution in [0, 0.1) is 11.3 Å². The number of aromatic nitrogens is 4. The first-order valence-corrected chi connectivity index (χ1v) is 9.51. The van der Waals surface area contributed by atoms with Gasteiger partial charge in [-0.2, -0.15) is 18.4 Å². The molecule has 1 atom stereocenters. The van der Waals surface area contributed by atoms with Gasteiger partial charge in [0, 0.05) is 10.9 Å². The summed E-state index contributed by atoms with van der Waals surface area (Å²) < 4.78 is 38.3. The van der Waals surface area contributed by atoms with Crippen LogP contribution >= 0.6 is 23.1 Å². The molecule has 0 radical (unpaired) electrons. The van der Waals surface area contributed by atoms with Crippen LogP contribution in [0.2, 0.25) is 0 Å². The van der Waals surface area contributed by atoms with Gasteiger partial charge in [-0.1, -0.05) is 42.1 Å². The lowest BCUT2D eigenvalue weighted by Crippen LogP contribution is -2.21. The van der Waals surface area contributed by atoms with E-state index in [-0.39, 0.29) is 15.6 Å². The lowest BCUT2D eigenvalue weighted by atomic mass is 10.1. The summed E-state index contributed by atoms with van der Waals surface area (Å²) in [5.41, 5.74) is 1.48. The van der Waals surface area contributed by atoms with Crippen LogP contribution in [0.25, 0.3) is 11.3 Å². The first-order chi connectivity index (χ1) is 13.3. The number of nitrogens with two attached hydrogens (primary N) is 1. The van der Waals surface area contributed by atoms with Crippen molar-refractivity contribution in [2.24, 2.45) is 0 Å². The molecule has 1 unspecified atom stereocenters. The van der Waals surface area contributed by atoms with Gasteiger partial charge in [-0.05, 0) is 0 Å². The molecule has 0 aliphatic heterocycles. The molecule has 0 spiro atoms. The predicted octanol–water partition coefficient (Wildman–Crippen LogP) is 3.10. The molecule has 0 fully saturated rings. The third-order valence-corrected chi connectivity index (χ3v) is 5.43. The molecule has 0 aliphatic rings. The smallest absolute Gasteiger partial charge is 0.335 e. The van der Waals surface area contributed by atoms with E-state index < -0.39 is 23.7 Å². The van der Waals surface area contributed by atoms with Gasteiger partial charge in [0.25, 0.3) is 5.82 Å². The number of alkyl halides is 3. The van der Waals surface area contributed by atoms with E-state index in [0.717, 1.165) is 5.56 Å². The number of nitriles is 1. The van der Waals surface area contributed by atoms with Crippen molar-refractivity contribution in [2.45, 2.75) is 17.3 Å². The Kier molecular flexibility index (Phi) is 5.66. The summed E-state index contributed by atoms with van der Waals surface area (Å²) in [5, 5.41) is 17.5. The summed E-state index contributed by atoms with van der Waals surface area (Å²) >= 11 is 1.84. The molecular formula is C16H11F3N6OS2. The number of nitrogens with zero attached hydrogens (tertiary/aromatic N) is 5. The van der Waals surface area contributed by atoms with Gasteiger partial charge in [0.15, 0.2) is 11.7 Å². The fraction of sp³-hybridized carbons (Fsp3) is 0.188. The van der Waals surface area contributed by atoms with Gasteiger partial charge in [-0.3, -0.25) is 4.79 Å². The Morgan fingerprint density at radius 3 is 2.64 bits per heavy atom.